The molecule has 1 aliphatic rings. The van der Waals surface area contributed by atoms with E-state index in [0.717, 1.165) is 18.7 Å². The van der Waals surface area contributed by atoms with Crippen molar-refractivity contribution >= 4 is 27.3 Å². The van der Waals surface area contributed by atoms with E-state index in [4.69, 9.17) is 4.74 Å². The first-order chi connectivity index (χ1) is 9.78. The van der Waals surface area contributed by atoms with Gasteiger partial charge in [0.05, 0.1) is 7.11 Å². The Morgan fingerprint density at radius 1 is 1.40 bits per heavy atom. The van der Waals surface area contributed by atoms with E-state index in [1.54, 1.807) is 18.4 Å². The summed E-state index contributed by atoms with van der Waals surface area (Å²) in [6, 6.07) is 9.04. The van der Waals surface area contributed by atoms with Crippen LogP contribution in [0.2, 0.25) is 0 Å². The van der Waals surface area contributed by atoms with Crippen LogP contribution in [0.3, 0.4) is 0 Å². The summed E-state index contributed by atoms with van der Waals surface area (Å²) in [7, 11) is 1.73. The monoisotopic (exact) mass is 351 g/mol. The molecule has 1 heterocycles. The van der Waals surface area contributed by atoms with Crippen LogP contribution < -0.4 is 10.1 Å². The van der Waals surface area contributed by atoms with Gasteiger partial charge in [-0.25, -0.2) is 0 Å². The van der Waals surface area contributed by atoms with Crippen LogP contribution in [0.1, 0.15) is 34.9 Å². The first kappa shape index (κ1) is 14.1. The highest BCUT2D eigenvalue weighted by Crippen LogP contribution is 2.33. The van der Waals surface area contributed by atoms with Crippen molar-refractivity contribution in [2.45, 2.75) is 31.8 Å². The van der Waals surface area contributed by atoms with Gasteiger partial charge in [-0.1, -0.05) is 6.07 Å². The van der Waals surface area contributed by atoms with Crippen LogP contribution in [0.4, 0.5) is 0 Å². The first-order valence-corrected chi connectivity index (χ1v) is 8.57. The minimum Gasteiger partial charge on any atom is -0.497 e. The minimum absolute atomic E-state index is 0.457. The Bertz CT molecular complexity index is 596. The lowest BCUT2D eigenvalue weighted by Gasteiger charge is -2.27. The van der Waals surface area contributed by atoms with Crippen molar-refractivity contribution in [2.75, 3.05) is 7.11 Å². The molecule has 106 valence electrons. The van der Waals surface area contributed by atoms with E-state index in [9.17, 15) is 0 Å². The number of hydrogen-bond acceptors (Lipinski definition) is 3. The molecule has 0 spiro atoms. The van der Waals surface area contributed by atoms with Gasteiger partial charge in [-0.3, -0.25) is 0 Å². The van der Waals surface area contributed by atoms with Gasteiger partial charge < -0.3 is 10.1 Å². The number of aryl methyl sites for hydroxylation is 1. The van der Waals surface area contributed by atoms with E-state index in [2.05, 4.69) is 50.9 Å². The number of ether oxygens (including phenoxy) is 1. The highest BCUT2D eigenvalue weighted by Gasteiger charge is 2.20. The third-order valence-electron chi connectivity index (χ3n) is 3.86. The van der Waals surface area contributed by atoms with Crippen LogP contribution in [-0.4, -0.2) is 7.11 Å². The Kier molecular flexibility index (Phi) is 4.44. The zero-order chi connectivity index (χ0) is 13.9. The number of benzene rings is 1. The summed E-state index contributed by atoms with van der Waals surface area (Å²) in [4.78, 5) is 1.37. The average Bonchev–Trinajstić information content (AvgIpc) is 2.89. The van der Waals surface area contributed by atoms with Gasteiger partial charge in [-0.15, -0.1) is 11.3 Å². The minimum atomic E-state index is 0.457. The molecule has 2 aromatic rings. The molecule has 1 atom stereocenters. The molecule has 0 saturated carbocycles. The van der Waals surface area contributed by atoms with Crippen LogP contribution in [0.25, 0.3) is 0 Å². The molecule has 1 aliphatic carbocycles. The molecule has 4 heteroatoms. The van der Waals surface area contributed by atoms with E-state index < -0.39 is 0 Å². The zero-order valence-corrected chi connectivity index (χ0v) is 13.9. The van der Waals surface area contributed by atoms with Crippen molar-refractivity contribution in [3.05, 3.63) is 50.1 Å². The molecule has 0 radical (unpaired) electrons. The summed E-state index contributed by atoms with van der Waals surface area (Å²) in [6.45, 7) is 0.925. The van der Waals surface area contributed by atoms with Crippen molar-refractivity contribution in [2.24, 2.45) is 0 Å². The summed E-state index contributed by atoms with van der Waals surface area (Å²) in [5, 5.41) is 5.82. The van der Waals surface area contributed by atoms with E-state index in [0.29, 0.717) is 6.04 Å². The zero-order valence-electron chi connectivity index (χ0n) is 11.5. The van der Waals surface area contributed by atoms with Gasteiger partial charge in [0.1, 0.15) is 5.75 Å². The second-order valence-electron chi connectivity index (χ2n) is 5.08. The van der Waals surface area contributed by atoms with Gasteiger partial charge in [0, 0.05) is 21.9 Å². The van der Waals surface area contributed by atoms with E-state index >= 15 is 0 Å². The second kappa shape index (κ2) is 6.29. The number of thiophene rings is 1. The maximum absolute atomic E-state index is 5.33. The lowest BCUT2D eigenvalue weighted by Crippen LogP contribution is -2.24. The smallest absolute Gasteiger partial charge is 0.119 e. The molecule has 0 fully saturated rings. The van der Waals surface area contributed by atoms with Gasteiger partial charge in [0.15, 0.2) is 0 Å². The lowest BCUT2D eigenvalue weighted by molar-refractivity contribution is 0.410. The van der Waals surface area contributed by atoms with Gasteiger partial charge >= 0.3 is 0 Å². The highest BCUT2D eigenvalue weighted by atomic mass is 79.9. The summed E-state index contributed by atoms with van der Waals surface area (Å²) >= 11 is 5.39. The summed E-state index contributed by atoms with van der Waals surface area (Å²) in [6.07, 6.45) is 3.61. The topological polar surface area (TPSA) is 21.3 Å². The molecule has 0 amide bonds. The number of fused-ring (bicyclic) bond motifs is 1. The quantitative estimate of drug-likeness (QED) is 0.862. The molecule has 0 aliphatic heterocycles. The number of methoxy groups -OCH3 is 1. The predicted molar refractivity (Wildman–Crippen MR) is 87.5 cm³/mol. The SMILES string of the molecule is COc1ccc2c(c1)CCCC2NCc1sccc1Br. The van der Waals surface area contributed by atoms with Crippen LogP contribution >= 0.6 is 27.3 Å². The first-order valence-electron chi connectivity index (χ1n) is 6.90. The average molecular weight is 352 g/mol. The van der Waals surface area contributed by atoms with Crippen LogP contribution in [-0.2, 0) is 13.0 Å². The number of nitrogens with one attached hydrogen (secondary N) is 1. The van der Waals surface area contributed by atoms with Crippen LogP contribution in [0.15, 0.2) is 34.1 Å². The fourth-order valence-electron chi connectivity index (χ4n) is 2.80. The third kappa shape index (κ3) is 2.92. The fraction of sp³-hybridized carbons (Fsp3) is 0.375. The van der Waals surface area contributed by atoms with E-state index in [1.807, 2.05) is 0 Å². The number of hydrogen-bond donors (Lipinski definition) is 1. The van der Waals surface area contributed by atoms with Crippen molar-refractivity contribution in [3.63, 3.8) is 0 Å². The molecule has 0 saturated heterocycles. The Hall–Kier alpha value is -0.840. The Labute approximate surface area is 132 Å². The van der Waals surface area contributed by atoms with Crippen molar-refractivity contribution < 1.29 is 4.74 Å². The second-order valence-corrected chi connectivity index (χ2v) is 6.94. The molecule has 2 nitrogen and oxygen atoms in total. The predicted octanol–water partition coefficient (Wildman–Crippen LogP) is 4.69. The lowest BCUT2D eigenvalue weighted by atomic mass is 9.87. The molecule has 3 rings (SSSR count). The third-order valence-corrected chi connectivity index (χ3v) is 5.79. The maximum atomic E-state index is 5.33. The summed E-state index contributed by atoms with van der Waals surface area (Å²) in [5.74, 6) is 0.963. The van der Waals surface area contributed by atoms with Crippen molar-refractivity contribution in [1.29, 1.82) is 0 Å². The van der Waals surface area contributed by atoms with Gasteiger partial charge in [0.2, 0.25) is 0 Å². The molecule has 1 unspecified atom stereocenters. The normalized spacial score (nSPS) is 17.8. The van der Waals surface area contributed by atoms with Gasteiger partial charge in [-0.2, -0.15) is 0 Å². The molecule has 20 heavy (non-hydrogen) atoms. The number of rotatable bonds is 4. The fourth-order valence-corrected chi connectivity index (χ4v) is 4.24. The molecular weight excluding hydrogens is 334 g/mol. The Balaban J connectivity index is 1.75. The standard InChI is InChI=1S/C16H18BrNOS/c1-19-12-5-6-13-11(9-12)3-2-4-15(13)18-10-16-14(17)7-8-20-16/h5-9,15,18H,2-4,10H2,1H3. The van der Waals surface area contributed by atoms with Crippen molar-refractivity contribution in [1.82, 2.24) is 5.32 Å². The van der Waals surface area contributed by atoms with Crippen LogP contribution in [0, 0.1) is 0 Å². The van der Waals surface area contributed by atoms with Gasteiger partial charge in [-0.05, 0) is 69.9 Å². The maximum Gasteiger partial charge on any atom is 0.119 e. The van der Waals surface area contributed by atoms with E-state index in [1.165, 1.54) is 33.3 Å². The highest BCUT2D eigenvalue weighted by molar-refractivity contribution is 9.10. The Morgan fingerprint density at radius 2 is 2.30 bits per heavy atom. The van der Waals surface area contributed by atoms with Crippen molar-refractivity contribution in [3.8, 4) is 5.75 Å². The molecule has 0 bridgehead atoms. The van der Waals surface area contributed by atoms with Crippen LogP contribution in [0.5, 0.6) is 5.75 Å². The molecule has 1 aromatic carbocycles. The largest absolute Gasteiger partial charge is 0.497 e. The Morgan fingerprint density at radius 3 is 3.05 bits per heavy atom. The molecule has 1 aromatic heterocycles. The summed E-state index contributed by atoms with van der Waals surface area (Å²) in [5.41, 5.74) is 2.86. The van der Waals surface area contributed by atoms with Gasteiger partial charge in [0.25, 0.3) is 0 Å². The molecular formula is C16H18BrNOS. The molecule has 1 N–H and O–H groups in total. The summed E-state index contributed by atoms with van der Waals surface area (Å²) < 4.78 is 6.53. The number of halogens is 1. The van der Waals surface area contributed by atoms with E-state index in [-0.39, 0.29) is 0 Å².